The first-order chi connectivity index (χ1) is 10.3. The van der Waals surface area contributed by atoms with Gasteiger partial charge in [-0.15, -0.1) is 0 Å². The van der Waals surface area contributed by atoms with Gasteiger partial charge in [0.05, 0.1) is 0 Å². The molecule has 120 valence electrons. The predicted molar refractivity (Wildman–Crippen MR) is 72.7 cm³/mol. The number of aliphatic carboxylic acids is 1. The second-order valence-electron chi connectivity index (χ2n) is 5.31. The molecule has 0 unspecified atom stereocenters. The number of rotatable bonds is 6. The third kappa shape index (κ3) is 4.12. The largest absolute Gasteiger partial charge is 0.481 e. The lowest BCUT2D eigenvalue weighted by molar-refractivity contribution is -0.140. The summed E-state index contributed by atoms with van der Waals surface area (Å²) in [6, 6.07) is 3.02. The predicted octanol–water partition coefficient (Wildman–Crippen LogP) is 2.43. The number of carboxylic acids is 1. The first-order valence-electron chi connectivity index (χ1n) is 6.80. The van der Waals surface area contributed by atoms with Crippen molar-refractivity contribution in [3.05, 3.63) is 17.8 Å². The number of nitrogens with zero attached hydrogens (tertiary/aromatic N) is 1. The molecule has 0 bridgehead atoms. The zero-order chi connectivity index (χ0) is 16.3. The molecule has 0 atom stereocenters. The summed E-state index contributed by atoms with van der Waals surface area (Å²) < 4.78 is 29.0. The van der Waals surface area contributed by atoms with Crippen molar-refractivity contribution in [1.29, 1.82) is 0 Å². The van der Waals surface area contributed by atoms with Crippen LogP contribution in [0, 0.1) is 18.8 Å². The van der Waals surface area contributed by atoms with Crippen molar-refractivity contribution in [1.82, 2.24) is 4.98 Å². The maximum Gasteiger partial charge on any atom is 0.388 e. The van der Waals surface area contributed by atoms with Crippen molar-refractivity contribution >= 4 is 17.6 Å². The summed E-state index contributed by atoms with van der Waals surface area (Å²) in [5, 5.41) is 11.2. The Labute approximate surface area is 125 Å². The zero-order valence-electron chi connectivity index (χ0n) is 11.9. The molecule has 0 spiro atoms. The third-order valence-electron chi connectivity index (χ3n) is 3.53. The Hall–Kier alpha value is -2.25. The molecule has 1 fully saturated rings. The van der Waals surface area contributed by atoms with Gasteiger partial charge in [0.25, 0.3) is 0 Å². The number of carbonyl (C=O) groups excluding carboxylic acids is 1. The SMILES string of the molecule is Cc1ccc(NC(=O)C2CC(CC(=O)O)C2)c(OC(F)F)n1. The van der Waals surface area contributed by atoms with E-state index in [0.29, 0.717) is 18.5 Å². The number of hydrogen-bond acceptors (Lipinski definition) is 4. The standard InChI is InChI=1S/C14H16F2N2O4/c1-7-2-3-10(13(17-7)22-14(15)16)18-12(21)9-4-8(5-9)6-11(19)20/h2-3,8-9,14H,4-6H2,1H3,(H,18,21)(H,19,20). The lowest BCUT2D eigenvalue weighted by Crippen LogP contribution is -2.35. The number of alkyl halides is 2. The van der Waals surface area contributed by atoms with Gasteiger partial charge in [-0.3, -0.25) is 9.59 Å². The molecule has 0 aromatic carbocycles. The number of amides is 1. The van der Waals surface area contributed by atoms with E-state index in [0.717, 1.165) is 0 Å². The fourth-order valence-corrected chi connectivity index (χ4v) is 2.40. The van der Waals surface area contributed by atoms with Gasteiger partial charge in [0.1, 0.15) is 5.69 Å². The van der Waals surface area contributed by atoms with Crippen molar-refractivity contribution in [2.45, 2.75) is 32.8 Å². The van der Waals surface area contributed by atoms with E-state index >= 15 is 0 Å². The molecule has 1 aliphatic rings. The van der Waals surface area contributed by atoms with E-state index in [-0.39, 0.29) is 35.7 Å². The highest BCUT2D eigenvalue weighted by atomic mass is 19.3. The Kier molecular flexibility index (Phi) is 4.89. The monoisotopic (exact) mass is 314 g/mol. The van der Waals surface area contributed by atoms with E-state index < -0.39 is 12.6 Å². The van der Waals surface area contributed by atoms with Crippen LogP contribution >= 0.6 is 0 Å². The fraction of sp³-hybridized carbons (Fsp3) is 0.500. The molecular formula is C14H16F2N2O4. The molecular weight excluding hydrogens is 298 g/mol. The highest BCUT2D eigenvalue weighted by Gasteiger charge is 2.35. The molecule has 1 amide bonds. The molecule has 0 aliphatic heterocycles. The summed E-state index contributed by atoms with van der Waals surface area (Å²) in [5.74, 6) is -1.89. The van der Waals surface area contributed by atoms with E-state index in [2.05, 4.69) is 15.0 Å². The van der Waals surface area contributed by atoms with Gasteiger partial charge in [0.2, 0.25) is 11.8 Å². The van der Waals surface area contributed by atoms with E-state index in [4.69, 9.17) is 5.11 Å². The minimum Gasteiger partial charge on any atom is -0.481 e. The van der Waals surface area contributed by atoms with Crippen LogP contribution in [0.1, 0.15) is 25.0 Å². The summed E-state index contributed by atoms with van der Waals surface area (Å²) in [5.41, 5.74) is 0.566. The summed E-state index contributed by atoms with van der Waals surface area (Å²) in [6.45, 7) is -1.42. The Morgan fingerprint density at radius 2 is 2.14 bits per heavy atom. The van der Waals surface area contributed by atoms with Gasteiger partial charge >= 0.3 is 12.6 Å². The van der Waals surface area contributed by atoms with E-state index in [1.54, 1.807) is 13.0 Å². The number of hydrogen-bond donors (Lipinski definition) is 2. The van der Waals surface area contributed by atoms with Gasteiger partial charge in [-0.05, 0) is 37.8 Å². The number of nitrogens with one attached hydrogen (secondary N) is 1. The number of carbonyl (C=O) groups is 2. The van der Waals surface area contributed by atoms with Gasteiger partial charge in [0, 0.05) is 18.0 Å². The Balaban J connectivity index is 1.96. The van der Waals surface area contributed by atoms with Crippen LogP contribution in [0.2, 0.25) is 0 Å². The minimum atomic E-state index is -3.03. The number of aryl methyl sites for hydroxylation is 1. The number of pyridine rings is 1. The molecule has 1 heterocycles. The van der Waals surface area contributed by atoms with Crippen LogP contribution < -0.4 is 10.1 Å². The molecule has 2 rings (SSSR count). The molecule has 1 aromatic heterocycles. The Morgan fingerprint density at radius 1 is 1.45 bits per heavy atom. The normalized spacial score (nSPS) is 20.4. The van der Waals surface area contributed by atoms with Crippen LogP contribution in [0.3, 0.4) is 0 Å². The maximum absolute atomic E-state index is 12.3. The summed E-state index contributed by atoms with van der Waals surface area (Å²) >= 11 is 0. The van der Waals surface area contributed by atoms with Crippen molar-refractivity contribution in [2.75, 3.05) is 5.32 Å². The van der Waals surface area contributed by atoms with Gasteiger partial charge < -0.3 is 15.2 Å². The number of ether oxygens (including phenoxy) is 1. The maximum atomic E-state index is 12.3. The van der Waals surface area contributed by atoms with Crippen molar-refractivity contribution in [3.8, 4) is 5.88 Å². The average molecular weight is 314 g/mol. The number of halogens is 2. The van der Waals surface area contributed by atoms with Gasteiger partial charge in [-0.25, -0.2) is 4.98 Å². The van der Waals surface area contributed by atoms with Crippen LogP contribution in [0.5, 0.6) is 5.88 Å². The lowest BCUT2D eigenvalue weighted by atomic mass is 9.73. The van der Waals surface area contributed by atoms with E-state index in [1.807, 2.05) is 0 Å². The first-order valence-corrected chi connectivity index (χ1v) is 6.80. The van der Waals surface area contributed by atoms with Crippen molar-refractivity contribution in [3.63, 3.8) is 0 Å². The first kappa shape index (κ1) is 16.1. The number of carboxylic acid groups (broad SMARTS) is 1. The average Bonchev–Trinajstić information content (AvgIpc) is 2.35. The van der Waals surface area contributed by atoms with Crippen LogP contribution in [0.15, 0.2) is 12.1 Å². The van der Waals surface area contributed by atoms with Gasteiger partial charge in [-0.2, -0.15) is 8.78 Å². The van der Waals surface area contributed by atoms with Crippen molar-refractivity contribution in [2.24, 2.45) is 11.8 Å². The van der Waals surface area contributed by atoms with Crippen molar-refractivity contribution < 1.29 is 28.2 Å². The topological polar surface area (TPSA) is 88.5 Å². The minimum absolute atomic E-state index is 0.0128. The van der Waals surface area contributed by atoms with E-state index in [9.17, 15) is 18.4 Å². The van der Waals surface area contributed by atoms with Crippen LogP contribution in [-0.2, 0) is 9.59 Å². The van der Waals surface area contributed by atoms with Crippen LogP contribution in [-0.4, -0.2) is 28.6 Å². The van der Waals surface area contributed by atoms with E-state index in [1.165, 1.54) is 6.07 Å². The second-order valence-corrected chi connectivity index (χ2v) is 5.31. The molecule has 0 saturated heterocycles. The third-order valence-corrected chi connectivity index (χ3v) is 3.53. The Morgan fingerprint density at radius 3 is 2.73 bits per heavy atom. The van der Waals surface area contributed by atoms with Gasteiger partial charge in [-0.1, -0.05) is 0 Å². The quantitative estimate of drug-likeness (QED) is 0.842. The fourth-order valence-electron chi connectivity index (χ4n) is 2.40. The smallest absolute Gasteiger partial charge is 0.388 e. The van der Waals surface area contributed by atoms with Crippen LogP contribution in [0.25, 0.3) is 0 Å². The molecule has 2 N–H and O–H groups in total. The highest BCUT2D eigenvalue weighted by molar-refractivity contribution is 5.94. The molecule has 0 radical (unpaired) electrons. The second kappa shape index (κ2) is 6.67. The molecule has 1 aromatic rings. The molecule has 1 aliphatic carbocycles. The molecule has 6 nitrogen and oxygen atoms in total. The lowest BCUT2D eigenvalue weighted by Gasteiger charge is -2.33. The van der Waals surface area contributed by atoms with Gasteiger partial charge in [0.15, 0.2) is 0 Å². The Bertz CT molecular complexity index is 574. The summed E-state index contributed by atoms with van der Waals surface area (Å²) in [4.78, 5) is 26.4. The number of anilines is 1. The molecule has 22 heavy (non-hydrogen) atoms. The molecule has 8 heteroatoms. The van der Waals surface area contributed by atoms with Crippen LogP contribution in [0.4, 0.5) is 14.5 Å². The summed E-state index contributed by atoms with van der Waals surface area (Å²) in [7, 11) is 0. The zero-order valence-corrected chi connectivity index (χ0v) is 11.9. The highest BCUT2D eigenvalue weighted by Crippen LogP contribution is 2.37. The summed E-state index contributed by atoms with van der Waals surface area (Å²) in [6.07, 6.45) is 0.987. The molecule has 1 saturated carbocycles. The number of aromatic nitrogens is 1.